The summed E-state index contributed by atoms with van der Waals surface area (Å²) < 4.78 is 0. The lowest BCUT2D eigenvalue weighted by atomic mass is 9.86. The van der Waals surface area contributed by atoms with E-state index >= 15 is 0 Å². The standard InChI is InChI=1S/C21H32ClN3O/c1-16-15-24(21(4)9-11-23(12-10-21)18(3)26)13-14-25(16)17(2)19-5-7-20(22)8-6-19/h5-8,16-17H,9-15H2,1-4H3. The average Bonchev–Trinajstić information content (AvgIpc) is 2.62. The third-order valence-electron chi connectivity index (χ3n) is 6.58. The lowest BCUT2D eigenvalue weighted by Crippen LogP contribution is -2.62. The lowest BCUT2D eigenvalue weighted by Gasteiger charge is -2.52. The van der Waals surface area contributed by atoms with Crippen LogP contribution in [0.25, 0.3) is 0 Å². The molecule has 3 rings (SSSR count). The molecule has 0 saturated carbocycles. The van der Waals surface area contributed by atoms with Crippen LogP contribution in [0.2, 0.25) is 5.02 Å². The van der Waals surface area contributed by atoms with Crippen LogP contribution in [-0.2, 0) is 4.79 Å². The van der Waals surface area contributed by atoms with Crippen molar-refractivity contribution in [3.05, 3.63) is 34.9 Å². The highest BCUT2D eigenvalue weighted by Crippen LogP contribution is 2.33. The minimum atomic E-state index is 0.210. The Morgan fingerprint density at radius 3 is 2.31 bits per heavy atom. The van der Waals surface area contributed by atoms with Gasteiger partial charge >= 0.3 is 0 Å². The number of benzene rings is 1. The van der Waals surface area contributed by atoms with Gasteiger partial charge in [0.05, 0.1) is 0 Å². The second-order valence-electron chi connectivity index (χ2n) is 8.26. The highest BCUT2D eigenvalue weighted by molar-refractivity contribution is 6.30. The van der Waals surface area contributed by atoms with Gasteiger partial charge in [-0.2, -0.15) is 0 Å². The fourth-order valence-corrected chi connectivity index (χ4v) is 4.72. The Labute approximate surface area is 163 Å². The van der Waals surface area contributed by atoms with Crippen LogP contribution in [0.1, 0.15) is 52.1 Å². The number of halogens is 1. The van der Waals surface area contributed by atoms with Gasteiger partial charge in [0.1, 0.15) is 0 Å². The number of hydrogen-bond donors (Lipinski definition) is 0. The summed E-state index contributed by atoms with van der Waals surface area (Å²) in [5.74, 6) is 0.210. The molecule has 1 aromatic carbocycles. The Balaban J connectivity index is 1.61. The van der Waals surface area contributed by atoms with Crippen molar-refractivity contribution in [2.24, 2.45) is 0 Å². The summed E-state index contributed by atoms with van der Waals surface area (Å²) in [7, 11) is 0. The number of likely N-dealkylation sites (tertiary alicyclic amines) is 1. The highest BCUT2D eigenvalue weighted by atomic mass is 35.5. The first kappa shape index (κ1) is 19.7. The number of piperazine rings is 1. The SMILES string of the molecule is CC(=O)N1CCC(C)(N2CCN(C(C)c3ccc(Cl)cc3)C(C)C2)CC1. The van der Waals surface area contributed by atoms with Gasteiger partial charge in [0, 0.05) is 62.3 Å². The first-order chi connectivity index (χ1) is 12.3. The van der Waals surface area contributed by atoms with Crippen LogP contribution >= 0.6 is 11.6 Å². The predicted octanol–water partition coefficient (Wildman–Crippen LogP) is 3.81. The van der Waals surface area contributed by atoms with Crippen LogP contribution in [0.3, 0.4) is 0 Å². The number of carbonyl (C=O) groups excluding carboxylic acids is 1. The van der Waals surface area contributed by atoms with E-state index in [-0.39, 0.29) is 11.4 Å². The average molecular weight is 378 g/mol. The van der Waals surface area contributed by atoms with Crippen LogP contribution in [0.4, 0.5) is 0 Å². The van der Waals surface area contributed by atoms with E-state index in [2.05, 4.69) is 42.7 Å². The van der Waals surface area contributed by atoms with Crippen molar-refractivity contribution < 1.29 is 4.79 Å². The van der Waals surface area contributed by atoms with Gasteiger partial charge < -0.3 is 4.90 Å². The summed E-state index contributed by atoms with van der Waals surface area (Å²) in [5.41, 5.74) is 1.55. The molecule has 0 radical (unpaired) electrons. The van der Waals surface area contributed by atoms with E-state index in [1.165, 1.54) is 5.56 Å². The maximum atomic E-state index is 11.6. The zero-order chi connectivity index (χ0) is 18.9. The van der Waals surface area contributed by atoms with E-state index in [0.717, 1.165) is 50.6 Å². The summed E-state index contributed by atoms with van der Waals surface area (Å²) in [6.07, 6.45) is 2.15. The van der Waals surface area contributed by atoms with Gasteiger partial charge in [0.25, 0.3) is 0 Å². The molecule has 5 heteroatoms. The number of rotatable bonds is 3. The molecule has 2 aliphatic heterocycles. The highest BCUT2D eigenvalue weighted by Gasteiger charge is 2.40. The molecule has 2 saturated heterocycles. The van der Waals surface area contributed by atoms with Crippen LogP contribution in [0.15, 0.2) is 24.3 Å². The van der Waals surface area contributed by atoms with Crippen LogP contribution in [0, 0.1) is 0 Å². The van der Waals surface area contributed by atoms with Crippen molar-refractivity contribution in [2.75, 3.05) is 32.7 Å². The smallest absolute Gasteiger partial charge is 0.219 e. The van der Waals surface area contributed by atoms with Crippen molar-refractivity contribution in [3.8, 4) is 0 Å². The third-order valence-corrected chi connectivity index (χ3v) is 6.83. The molecule has 2 atom stereocenters. The summed E-state index contributed by atoms with van der Waals surface area (Å²) >= 11 is 6.04. The van der Waals surface area contributed by atoms with Gasteiger partial charge in [-0.15, -0.1) is 0 Å². The number of carbonyl (C=O) groups is 1. The van der Waals surface area contributed by atoms with Crippen molar-refractivity contribution in [1.29, 1.82) is 0 Å². The largest absolute Gasteiger partial charge is 0.343 e. The molecule has 1 aromatic rings. The molecule has 0 N–H and O–H groups in total. The molecule has 144 valence electrons. The summed E-state index contributed by atoms with van der Waals surface area (Å²) in [6, 6.07) is 9.17. The molecule has 1 amide bonds. The van der Waals surface area contributed by atoms with Gasteiger partial charge in [-0.25, -0.2) is 0 Å². The fraction of sp³-hybridized carbons (Fsp3) is 0.667. The topological polar surface area (TPSA) is 26.8 Å². The fourth-order valence-electron chi connectivity index (χ4n) is 4.59. The maximum Gasteiger partial charge on any atom is 0.219 e. The second kappa shape index (κ2) is 7.87. The van der Waals surface area contributed by atoms with Crippen LogP contribution in [0.5, 0.6) is 0 Å². The summed E-state index contributed by atoms with van der Waals surface area (Å²) in [4.78, 5) is 18.9. The number of hydrogen-bond acceptors (Lipinski definition) is 3. The van der Waals surface area contributed by atoms with E-state index in [1.807, 2.05) is 17.0 Å². The minimum Gasteiger partial charge on any atom is -0.343 e. The molecule has 0 aliphatic carbocycles. The van der Waals surface area contributed by atoms with Gasteiger partial charge in [0.2, 0.25) is 5.91 Å². The van der Waals surface area contributed by atoms with Crippen molar-refractivity contribution in [2.45, 2.75) is 58.2 Å². The quantitative estimate of drug-likeness (QED) is 0.801. The monoisotopic (exact) mass is 377 g/mol. The molecule has 2 heterocycles. The van der Waals surface area contributed by atoms with Crippen LogP contribution in [-0.4, -0.2) is 64.9 Å². The number of piperidine rings is 1. The first-order valence-corrected chi connectivity index (χ1v) is 10.2. The molecule has 0 aromatic heterocycles. The van der Waals surface area contributed by atoms with Gasteiger partial charge in [-0.1, -0.05) is 23.7 Å². The van der Waals surface area contributed by atoms with Crippen LogP contribution < -0.4 is 0 Å². The van der Waals surface area contributed by atoms with Crippen molar-refractivity contribution in [1.82, 2.24) is 14.7 Å². The normalized spacial score (nSPS) is 25.9. The Morgan fingerprint density at radius 1 is 1.15 bits per heavy atom. The second-order valence-corrected chi connectivity index (χ2v) is 8.70. The van der Waals surface area contributed by atoms with E-state index < -0.39 is 0 Å². The summed E-state index contributed by atoms with van der Waals surface area (Å²) in [6.45, 7) is 13.7. The molecule has 26 heavy (non-hydrogen) atoms. The molecule has 0 bridgehead atoms. The Morgan fingerprint density at radius 2 is 1.77 bits per heavy atom. The van der Waals surface area contributed by atoms with Gasteiger partial charge in [0.15, 0.2) is 0 Å². The molecular weight excluding hydrogens is 346 g/mol. The molecule has 4 nitrogen and oxygen atoms in total. The zero-order valence-electron chi connectivity index (χ0n) is 16.5. The van der Waals surface area contributed by atoms with E-state index in [9.17, 15) is 4.79 Å². The number of amides is 1. The van der Waals surface area contributed by atoms with Crippen molar-refractivity contribution in [3.63, 3.8) is 0 Å². The predicted molar refractivity (Wildman–Crippen MR) is 108 cm³/mol. The Kier molecular flexibility index (Phi) is 5.95. The molecular formula is C21H32ClN3O. The Hall–Kier alpha value is -1.10. The third kappa shape index (κ3) is 4.08. The van der Waals surface area contributed by atoms with E-state index in [1.54, 1.807) is 6.92 Å². The molecule has 2 unspecified atom stereocenters. The first-order valence-electron chi connectivity index (χ1n) is 9.82. The van der Waals surface area contributed by atoms with Gasteiger partial charge in [-0.3, -0.25) is 14.6 Å². The van der Waals surface area contributed by atoms with Crippen molar-refractivity contribution >= 4 is 17.5 Å². The molecule has 2 fully saturated rings. The lowest BCUT2D eigenvalue weighted by molar-refractivity contribution is -0.132. The zero-order valence-corrected chi connectivity index (χ0v) is 17.3. The van der Waals surface area contributed by atoms with Gasteiger partial charge in [-0.05, 0) is 51.3 Å². The molecule has 0 spiro atoms. The van der Waals surface area contributed by atoms with E-state index in [4.69, 9.17) is 11.6 Å². The summed E-state index contributed by atoms with van der Waals surface area (Å²) in [5, 5.41) is 0.795. The number of nitrogens with zero attached hydrogens (tertiary/aromatic N) is 3. The molecule has 2 aliphatic rings. The Bertz CT molecular complexity index is 625. The minimum absolute atomic E-state index is 0.210. The van der Waals surface area contributed by atoms with E-state index in [0.29, 0.717) is 12.1 Å². The maximum absolute atomic E-state index is 11.6.